The summed E-state index contributed by atoms with van der Waals surface area (Å²) in [5, 5.41) is 6.96. The number of benzene rings is 2. The summed E-state index contributed by atoms with van der Waals surface area (Å²) in [4.78, 5) is 12.2. The molecule has 0 fully saturated rings. The first-order valence-electron chi connectivity index (χ1n) is 8.42. The van der Waals surface area contributed by atoms with Crippen LogP contribution in [0.25, 0.3) is 11.3 Å². The molecule has 0 spiro atoms. The van der Waals surface area contributed by atoms with Gasteiger partial charge in [-0.05, 0) is 36.8 Å². The van der Waals surface area contributed by atoms with Crippen LogP contribution in [-0.4, -0.2) is 24.8 Å². The molecule has 0 bridgehead atoms. The lowest BCUT2D eigenvalue weighted by atomic mass is 10.1. The van der Waals surface area contributed by atoms with Gasteiger partial charge in [0.25, 0.3) is 0 Å². The van der Waals surface area contributed by atoms with E-state index in [1.165, 1.54) is 25.3 Å². The number of rotatable bonds is 7. The summed E-state index contributed by atoms with van der Waals surface area (Å²) < 4.78 is 29.1. The van der Waals surface area contributed by atoms with Gasteiger partial charge in [-0.3, -0.25) is 0 Å². The van der Waals surface area contributed by atoms with Crippen molar-refractivity contribution in [2.24, 2.45) is 0 Å². The standard InChI is InChI=1S/C20H19FN2O4/c1-3-26-16-9-7-13(8-10-16)12-22-19-17(20(24)25-2)18(23-27-19)14-5-4-6-15(21)11-14/h4-11,22H,3,12H2,1-2H3. The molecule has 140 valence electrons. The van der Waals surface area contributed by atoms with Gasteiger partial charge in [0.1, 0.15) is 17.3 Å². The second kappa shape index (κ2) is 8.35. The molecule has 0 atom stereocenters. The number of carbonyl (C=O) groups excluding carboxylic acids is 1. The first kappa shape index (κ1) is 18.4. The van der Waals surface area contributed by atoms with Gasteiger partial charge in [-0.15, -0.1) is 0 Å². The van der Waals surface area contributed by atoms with Gasteiger partial charge >= 0.3 is 5.97 Å². The Morgan fingerprint density at radius 1 is 1.22 bits per heavy atom. The Morgan fingerprint density at radius 3 is 2.67 bits per heavy atom. The Bertz CT molecular complexity index is 922. The van der Waals surface area contributed by atoms with Crippen molar-refractivity contribution < 1.29 is 23.2 Å². The fraction of sp³-hybridized carbons (Fsp3) is 0.200. The Morgan fingerprint density at radius 2 is 2.00 bits per heavy atom. The summed E-state index contributed by atoms with van der Waals surface area (Å²) in [7, 11) is 1.26. The van der Waals surface area contributed by atoms with E-state index in [0.717, 1.165) is 11.3 Å². The maximum Gasteiger partial charge on any atom is 0.345 e. The van der Waals surface area contributed by atoms with Gasteiger partial charge < -0.3 is 19.3 Å². The minimum Gasteiger partial charge on any atom is -0.494 e. The van der Waals surface area contributed by atoms with Crippen molar-refractivity contribution in [1.29, 1.82) is 0 Å². The van der Waals surface area contributed by atoms with Crippen LogP contribution in [0.4, 0.5) is 10.3 Å². The Balaban J connectivity index is 1.84. The molecule has 0 aliphatic heterocycles. The largest absolute Gasteiger partial charge is 0.494 e. The third-order valence-corrected chi connectivity index (χ3v) is 3.87. The molecule has 1 aromatic heterocycles. The van der Waals surface area contributed by atoms with Gasteiger partial charge in [-0.2, -0.15) is 0 Å². The number of aromatic nitrogens is 1. The summed E-state index contributed by atoms with van der Waals surface area (Å²) in [6, 6.07) is 13.3. The van der Waals surface area contributed by atoms with Gasteiger partial charge in [0.2, 0.25) is 5.88 Å². The molecule has 1 heterocycles. The van der Waals surface area contributed by atoms with Crippen LogP contribution in [0.1, 0.15) is 22.8 Å². The van der Waals surface area contributed by atoms with E-state index in [1.54, 1.807) is 6.07 Å². The maximum absolute atomic E-state index is 13.5. The zero-order valence-corrected chi connectivity index (χ0v) is 15.0. The zero-order valence-electron chi connectivity index (χ0n) is 15.0. The van der Waals surface area contributed by atoms with Crippen LogP contribution in [0.15, 0.2) is 53.1 Å². The van der Waals surface area contributed by atoms with E-state index in [4.69, 9.17) is 14.0 Å². The molecule has 3 aromatic rings. The molecule has 0 aliphatic carbocycles. The molecule has 27 heavy (non-hydrogen) atoms. The third-order valence-electron chi connectivity index (χ3n) is 3.87. The quantitative estimate of drug-likeness (QED) is 0.626. The molecule has 0 saturated carbocycles. The molecule has 0 unspecified atom stereocenters. The summed E-state index contributed by atoms with van der Waals surface area (Å²) >= 11 is 0. The Hall–Kier alpha value is -3.35. The number of esters is 1. The van der Waals surface area contributed by atoms with E-state index in [-0.39, 0.29) is 17.1 Å². The van der Waals surface area contributed by atoms with E-state index in [1.807, 2.05) is 31.2 Å². The predicted octanol–water partition coefficient (Wildman–Crippen LogP) is 4.28. The summed E-state index contributed by atoms with van der Waals surface area (Å²) in [5.41, 5.74) is 1.72. The number of carbonyl (C=O) groups is 1. The van der Waals surface area contributed by atoms with E-state index < -0.39 is 11.8 Å². The van der Waals surface area contributed by atoms with Crippen LogP contribution in [0.3, 0.4) is 0 Å². The fourth-order valence-corrected chi connectivity index (χ4v) is 2.59. The van der Waals surface area contributed by atoms with Crippen molar-refractivity contribution in [1.82, 2.24) is 5.16 Å². The number of anilines is 1. The van der Waals surface area contributed by atoms with Crippen LogP contribution in [0.5, 0.6) is 5.75 Å². The topological polar surface area (TPSA) is 73.6 Å². The molecule has 0 radical (unpaired) electrons. The van der Waals surface area contributed by atoms with Crippen molar-refractivity contribution in [3.63, 3.8) is 0 Å². The third kappa shape index (κ3) is 4.25. The minimum absolute atomic E-state index is 0.119. The van der Waals surface area contributed by atoms with Gasteiger partial charge in [0.05, 0.1) is 13.7 Å². The van der Waals surface area contributed by atoms with Crippen LogP contribution in [0.2, 0.25) is 0 Å². The molecule has 0 saturated heterocycles. The highest BCUT2D eigenvalue weighted by Crippen LogP contribution is 2.30. The average Bonchev–Trinajstić information content (AvgIpc) is 3.11. The lowest BCUT2D eigenvalue weighted by Gasteiger charge is -2.07. The monoisotopic (exact) mass is 370 g/mol. The molecule has 1 N–H and O–H groups in total. The summed E-state index contributed by atoms with van der Waals surface area (Å²) in [6.45, 7) is 2.92. The average molecular weight is 370 g/mol. The van der Waals surface area contributed by atoms with Crippen molar-refractivity contribution in [3.8, 4) is 17.0 Å². The molecular weight excluding hydrogens is 351 g/mol. The molecule has 3 rings (SSSR count). The van der Waals surface area contributed by atoms with Gasteiger partial charge in [0.15, 0.2) is 5.56 Å². The molecule has 0 amide bonds. The second-order valence-electron chi connectivity index (χ2n) is 5.67. The van der Waals surface area contributed by atoms with Crippen LogP contribution in [0, 0.1) is 5.82 Å². The van der Waals surface area contributed by atoms with E-state index in [2.05, 4.69) is 10.5 Å². The molecule has 2 aromatic carbocycles. The molecule has 6 nitrogen and oxygen atoms in total. The van der Waals surface area contributed by atoms with Gasteiger partial charge in [-0.1, -0.05) is 29.4 Å². The number of methoxy groups -OCH3 is 1. The molecule has 0 aliphatic rings. The van der Waals surface area contributed by atoms with Crippen molar-refractivity contribution in [3.05, 3.63) is 65.5 Å². The first-order valence-corrected chi connectivity index (χ1v) is 8.42. The zero-order chi connectivity index (χ0) is 19.2. The Labute approximate surface area is 155 Å². The first-order chi connectivity index (χ1) is 13.1. The Kier molecular flexibility index (Phi) is 5.71. The summed E-state index contributed by atoms with van der Waals surface area (Å²) in [6.07, 6.45) is 0. The second-order valence-corrected chi connectivity index (χ2v) is 5.67. The molecule has 7 heteroatoms. The molecular formula is C20H19FN2O4. The number of hydrogen-bond acceptors (Lipinski definition) is 6. The van der Waals surface area contributed by atoms with Crippen LogP contribution in [-0.2, 0) is 11.3 Å². The number of nitrogens with one attached hydrogen (secondary N) is 1. The number of hydrogen-bond donors (Lipinski definition) is 1. The smallest absolute Gasteiger partial charge is 0.345 e. The van der Waals surface area contributed by atoms with Gasteiger partial charge in [0, 0.05) is 12.1 Å². The number of halogens is 1. The van der Waals surface area contributed by atoms with Crippen LogP contribution >= 0.6 is 0 Å². The van der Waals surface area contributed by atoms with Crippen molar-refractivity contribution >= 4 is 11.9 Å². The predicted molar refractivity (Wildman–Crippen MR) is 98.2 cm³/mol. The van der Waals surface area contributed by atoms with E-state index in [9.17, 15) is 9.18 Å². The lowest BCUT2D eigenvalue weighted by Crippen LogP contribution is -2.07. The highest BCUT2D eigenvalue weighted by molar-refractivity contribution is 6.00. The van der Waals surface area contributed by atoms with Crippen LogP contribution < -0.4 is 10.1 Å². The van der Waals surface area contributed by atoms with E-state index in [0.29, 0.717) is 18.7 Å². The lowest BCUT2D eigenvalue weighted by molar-refractivity contribution is 0.0602. The highest BCUT2D eigenvalue weighted by atomic mass is 19.1. The van der Waals surface area contributed by atoms with Crippen molar-refractivity contribution in [2.45, 2.75) is 13.5 Å². The number of ether oxygens (including phenoxy) is 2. The summed E-state index contributed by atoms with van der Waals surface area (Å²) in [5.74, 6) is -0.112. The SMILES string of the molecule is CCOc1ccc(CNc2onc(-c3cccc(F)c3)c2C(=O)OC)cc1. The highest BCUT2D eigenvalue weighted by Gasteiger charge is 2.25. The minimum atomic E-state index is -0.621. The normalized spacial score (nSPS) is 10.5. The fourth-order valence-electron chi connectivity index (χ4n) is 2.59. The maximum atomic E-state index is 13.5. The number of nitrogens with zero attached hydrogens (tertiary/aromatic N) is 1. The van der Waals surface area contributed by atoms with E-state index >= 15 is 0 Å². The van der Waals surface area contributed by atoms with Crippen molar-refractivity contribution in [2.75, 3.05) is 19.0 Å². The van der Waals surface area contributed by atoms with Gasteiger partial charge in [-0.25, -0.2) is 9.18 Å².